The van der Waals surface area contributed by atoms with Crippen molar-refractivity contribution in [1.82, 2.24) is 5.43 Å². The number of esters is 1. The number of carbonyl (C=O) groups excluding carboxylic acids is 2. The Balaban J connectivity index is 1.60. The number of amides is 1. The van der Waals surface area contributed by atoms with Gasteiger partial charge in [-0.05, 0) is 80.8 Å². The SMILES string of the molecule is CCOc1cc(/C=N/NC(=O)COc2cccc(C)c2C)ccc1OC(=O)c1ccc(C)cc1. The number of carbonyl (C=O) groups is 2. The van der Waals surface area contributed by atoms with Gasteiger partial charge in [0.1, 0.15) is 5.75 Å². The monoisotopic (exact) mass is 460 g/mol. The lowest BCUT2D eigenvalue weighted by Crippen LogP contribution is -2.24. The van der Waals surface area contributed by atoms with E-state index in [2.05, 4.69) is 10.5 Å². The number of aryl methyl sites for hydroxylation is 2. The highest BCUT2D eigenvalue weighted by atomic mass is 16.6. The van der Waals surface area contributed by atoms with Crippen molar-refractivity contribution >= 4 is 18.1 Å². The topological polar surface area (TPSA) is 86.2 Å². The van der Waals surface area contributed by atoms with E-state index >= 15 is 0 Å². The van der Waals surface area contributed by atoms with Gasteiger partial charge in [0.2, 0.25) is 0 Å². The molecule has 0 heterocycles. The average Bonchev–Trinajstić information content (AvgIpc) is 2.82. The van der Waals surface area contributed by atoms with Crippen LogP contribution < -0.4 is 19.6 Å². The number of hydrogen-bond donors (Lipinski definition) is 1. The predicted molar refractivity (Wildman–Crippen MR) is 131 cm³/mol. The number of hydrogen-bond acceptors (Lipinski definition) is 6. The van der Waals surface area contributed by atoms with E-state index in [1.807, 2.05) is 58.0 Å². The molecule has 0 aliphatic rings. The zero-order valence-electron chi connectivity index (χ0n) is 19.8. The van der Waals surface area contributed by atoms with Crippen LogP contribution >= 0.6 is 0 Å². The second kappa shape index (κ2) is 11.7. The molecule has 0 saturated carbocycles. The van der Waals surface area contributed by atoms with Gasteiger partial charge >= 0.3 is 5.97 Å². The van der Waals surface area contributed by atoms with Crippen LogP contribution in [0.4, 0.5) is 0 Å². The Hall–Kier alpha value is -4.13. The second-order valence-corrected chi connectivity index (χ2v) is 7.67. The fraction of sp³-hybridized carbons (Fsp3) is 0.222. The van der Waals surface area contributed by atoms with Crippen LogP contribution in [0, 0.1) is 20.8 Å². The van der Waals surface area contributed by atoms with Gasteiger partial charge < -0.3 is 14.2 Å². The Morgan fingerprint density at radius 1 is 0.912 bits per heavy atom. The minimum Gasteiger partial charge on any atom is -0.490 e. The number of nitrogens with one attached hydrogen (secondary N) is 1. The molecule has 0 unspecified atom stereocenters. The lowest BCUT2D eigenvalue weighted by atomic mass is 10.1. The van der Waals surface area contributed by atoms with E-state index in [4.69, 9.17) is 14.2 Å². The van der Waals surface area contributed by atoms with Gasteiger partial charge in [0, 0.05) is 0 Å². The molecule has 0 aliphatic heterocycles. The van der Waals surface area contributed by atoms with Crippen LogP contribution in [0.3, 0.4) is 0 Å². The summed E-state index contributed by atoms with van der Waals surface area (Å²) in [5.41, 5.74) is 6.69. The summed E-state index contributed by atoms with van der Waals surface area (Å²) < 4.78 is 16.7. The zero-order chi connectivity index (χ0) is 24.5. The van der Waals surface area contributed by atoms with Gasteiger partial charge in [-0.25, -0.2) is 10.2 Å². The van der Waals surface area contributed by atoms with Crippen molar-refractivity contribution in [3.8, 4) is 17.2 Å². The fourth-order valence-electron chi connectivity index (χ4n) is 3.04. The normalized spacial score (nSPS) is 10.7. The molecule has 34 heavy (non-hydrogen) atoms. The Bertz CT molecular complexity index is 1190. The molecule has 0 saturated heterocycles. The van der Waals surface area contributed by atoms with Crippen molar-refractivity contribution in [2.24, 2.45) is 5.10 Å². The third-order valence-corrected chi connectivity index (χ3v) is 5.07. The van der Waals surface area contributed by atoms with Crippen molar-refractivity contribution in [3.05, 3.63) is 88.5 Å². The molecule has 3 aromatic rings. The summed E-state index contributed by atoms with van der Waals surface area (Å²) in [6.45, 7) is 7.95. The zero-order valence-corrected chi connectivity index (χ0v) is 19.8. The van der Waals surface area contributed by atoms with Crippen molar-refractivity contribution in [2.45, 2.75) is 27.7 Å². The molecule has 3 rings (SSSR count). The molecule has 0 fully saturated rings. The van der Waals surface area contributed by atoms with E-state index in [0.29, 0.717) is 35.0 Å². The number of hydrazone groups is 1. The minimum absolute atomic E-state index is 0.153. The van der Waals surface area contributed by atoms with E-state index in [1.54, 1.807) is 30.3 Å². The summed E-state index contributed by atoms with van der Waals surface area (Å²) in [6, 6.07) is 17.8. The smallest absolute Gasteiger partial charge is 0.343 e. The summed E-state index contributed by atoms with van der Waals surface area (Å²) in [5.74, 6) is 0.507. The summed E-state index contributed by atoms with van der Waals surface area (Å²) >= 11 is 0. The van der Waals surface area contributed by atoms with Gasteiger partial charge in [-0.2, -0.15) is 5.10 Å². The number of benzene rings is 3. The van der Waals surface area contributed by atoms with Crippen LogP contribution in [0.15, 0.2) is 65.8 Å². The molecule has 7 heteroatoms. The van der Waals surface area contributed by atoms with Crippen molar-refractivity contribution < 1.29 is 23.8 Å². The second-order valence-electron chi connectivity index (χ2n) is 7.67. The summed E-state index contributed by atoms with van der Waals surface area (Å²) in [4.78, 5) is 24.5. The summed E-state index contributed by atoms with van der Waals surface area (Å²) in [5, 5.41) is 3.97. The Morgan fingerprint density at radius 3 is 2.41 bits per heavy atom. The molecule has 0 aliphatic carbocycles. The van der Waals surface area contributed by atoms with Gasteiger partial charge in [-0.1, -0.05) is 29.8 Å². The molecule has 3 aromatic carbocycles. The predicted octanol–water partition coefficient (Wildman–Crippen LogP) is 4.76. The van der Waals surface area contributed by atoms with Crippen LogP contribution in [0.25, 0.3) is 0 Å². The quantitative estimate of drug-likeness (QED) is 0.215. The van der Waals surface area contributed by atoms with Crippen LogP contribution in [0.1, 0.15) is 39.5 Å². The Kier molecular flexibility index (Phi) is 8.40. The van der Waals surface area contributed by atoms with Gasteiger partial charge in [0.15, 0.2) is 18.1 Å². The first-order valence-corrected chi connectivity index (χ1v) is 10.9. The standard InChI is InChI=1S/C27H28N2O5/c1-5-32-25-15-21(11-14-24(25)34-27(31)22-12-9-18(2)10-13-22)16-28-29-26(30)17-33-23-8-6-7-19(3)20(23)4/h6-16H,5,17H2,1-4H3,(H,29,30)/b28-16+. The molecule has 0 atom stereocenters. The minimum atomic E-state index is -0.474. The molecule has 7 nitrogen and oxygen atoms in total. The molecule has 0 aromatic heterocycles. The van der Waals surface area contributed by atoms with Gasteiger partial charge in [0.25, 0.3) is 5.91 Å². The highest BCUT2D eigenvalue weighted by Crippen LogP contribution is 2.29. The maximum Gasteiger partial charge on any atom is 0.343 e. The summed E-state index contributed by atoms with van der Waals surface area (Å²) in [6.07, 6.45) is 1.48. The summed E-state index contributed by atoms with van der Waals surface area (Å²) in [7, 11) is 0. The van der Waals surface area contributed by atoms with Crippen LogP contribution in [-0.2, 0) is 4.79 Å². The first-order chi connectivity index (χ1) is 16.4. The number of rotatable bonds is 9. The number of nitrogens with zero attached hydrogens (tertiary/aromatic N) is 1. The van der Waals surface area contributed by atoms with E-state index in [1.165, 1.54) is 6.21 Å². The lowest BCUT2D eigenvalue weighted by Gasteiger charge is -2.11. The van der Waals surface area contributed by atoms with Gasteiger partial charge in [0.05, 0.1) is 18.4 Å². The molecular weight excluding hydrogens is 432 g/mol. The van der Waals surface area contributed by atoms with Crippen LogP contribution in [0.2, 0.25) is 0 Å². The Labute approximate surface area is 199 Å². The first kappa shape index (κ1) is 24.5. The molecule has 1 N–H and O–H groups in total. The third-order valence-electron chi connectivity index (χ3n) is 5.07. The first-order valence-electron chi connectivity index (χ1n) is 10.9. The molecule has 0 bridgehead atoms. The molecule has 0 spiro atoms. The van der Waals surface area contributed by atoms with Crippen molar-refractivity contribution in [3.63, 3.8) is 0 Å². The largest absolute Gasteiger partial charge is 0.490 e. The van der Waals surface area contributed by atoms with E-state index in [9.17, 15) is 9.59 Å². The van der Waals surface area contributed by atoms with Crippen molar-refractivity contribution in [2.75, 3.05) is 13.2 Å². The van der Waals surface area contributed by atoms with Gasteiger partial charge in [-0.3, -0.25) is 4.79 Å². The average molecular weight is 461 g/mol. The fourth-order valence-corrected chi connectivity index (χ4v) is 3.04. The number of ether oxygens (including phenoxy) is 3. The highest BCUT2D eigenvalue weighted by Gasteiger charge is 2.13. The van der Waals surface area contributed by atoms with E-state index < -0.39 is 5.97 Å². The van der Waals surface area contributed by atoms with E-state index in [-0.39, 0.29) is 12.5 Å². The highest BCUT2D eigenvalue weighted by molar-refractivity contribution is 5.91. The Morgan fingerprint density at radius 2 is 1.68 bits per heavy atom. The third kappa shape index (κ3) is 6.68. The van der Waals surface area contributed by atoms with E-state index in [0.717, 1.165) is 16.7 Å². The maximum atomic E-state index is 12.5. The molecule has 0 radical (unpaired) electrons. The lowest BCUT2D eigenvalue weighted by molar-refractivity contribution is -0.123. The van der Waals surface area contributed by atoms with Crippen LogP contribution in [-0.4, -0.2) is 31.3 Å². The molecular formula is C27H28N2O5. The maximum absolute atomic E-state index is 12.5. The van der Waals surface area contributed by atoms with Crippen LogP contribution in [0.5, 0.6) is 17.2 Å². The van der Waals surface area contributed by atoms with Gasteiger partial charge in [-0.15, -0.1) is 0 Å². The molecule has 1 amide bonds. The van der Waals surface area contributed by atoms with Crippen molar-refractivity contribution in [1.29, 1.82) is 0 Å². The molecule has 176 valence electrons.